The highest BCUT2D eigenvalue weighted by Gasteiger charge is 2.45. The second-order valence-electron chi connectivity index (χ2n) is 6.79. The summed E-state index contributed by atoms with van der Waals surface area (Å²) in [4.78, 5) is 9.65. The molecule has 2 atom stereocenters. The molecular formula is C18H28N4O2S3. The van der Waals surface area contributed by atoms with Gasteiger partial charge in [0.25, 0.3) is 0 Å². The van der Waals surface area contributed by atoms with Gasteiger partial charge in [-0.15, -0.1) is 0 Å². The Balaban J connectivity index is 2.25. The van der Waals surface area contributed by atoms with Crippen molar-refractivity contribution in [2.75, 3.05) is 26.1 Å². The van der Waals surface area contributed by atoms with Crippen LogP contribution in [0.5, 0.6) is 0 Å². The van der Waals surface area contributed by atoms with Gasteiger partial charge in [-0.1, -0.05) is 42.9 Å². The van der Waals surface area contributed by atoms with Crippen LogP contribution in [0.15, 0.2) is 29.5 Å². The van der Waals surface area contributed by atoms with Gasteiger partial charge in [-0.05, 0) is 43.1 Å². The van der Waals surface area contributed by atoms with E-state index in [1.54, 1.807) is 6.20 Å². The van der Waals surface area contributed by atoms with Crippen LogP contribution in [-0.2, 0) is 15.4 Å². The number of rotatable bonds is 6. The molecule has 0 spiro atoms. The molecule has 1 aliphatic rings. The van der Waals surface area contributed by atoms with Gasteiger partial charge in [-0.2, -0.15) is 0 Å². The van der Waals surface area contributed by atoms with Crippen LogP contribution < -0.4 is 10.0 Å². The maximum atomic E-state index is 11.4. The number of pyridine rings is 1. The van der Waals surface area contributed by atoms with Crippen molar-refractivity contribution in [1.29, 1.82) is 0 Å². The average molecular weight is 429 g/mol. The molecule has 0 unspecified atom stereocenters. The standard InChI is InChI=1S/C18H28N4O2S3/c1-19-16(25)18(15-8-6-11-20-13-15)10-5-4-7-14(18)9-12-21-17(26-2)22-27(3,23)24/h6,8,11,13-14H,4-5,7,9-10,12H2,1-3H3,(H,19,25)(H,21,22)/t14-,18+/m1/s1. The number of nitrogens with one attached hydrogen (secondary N) is 2. The van der Waals surface area contributed by atoms with Gasteiger partial charge in [0.2, 0.25) is 10.0 Å². The van der Waals surface area contributed by atoms with Crippen LogP contribution in [-0.4, -0.2) is 49.7 Å². The third kappa shape index (κ3) is 5.65. The topological polar surface area (TPSA) is 83.4 Å². The molecule has 1 heterocycles. The number of aliphatic imine (C=N–C) groups is 1. The van der Waals surface area contributed by atoms with E-state index in [4.69, 9.17) is 12.2 Å². The molecule has 1 aliphatic carbocycles. The fourth-order valence-corrected chi connectivity index (χ4v) is 5.69. The number of thiocarbonyl (C=S) groups is 1. The zero-order valence-electron chi connectivity index (χ0n) is 16.1. The van der Waals surface area contributed by atoms with Crippen LogP contribution >= 0.6 is 24.0 Å². The molecule has 1 aromatic rings. The van der Waals surface area contributed by atoms with Gasteiger partial charge in [0.05, 0.1) is 11.2 Å². The quantitative estimate of drug-likeness (QED) is 0.412. The first-order valence-electron chi connectivity index (χ1n) is 9.02. The van der Waals surface area contributed by atoms with Crippen LogP contribution in [0.25, 0.3) is 0 Å². The lowest BCUT2D eigenvalue weighted by molar-refractivity contribution is 0.240. The third-order valence-corrected chi connectivity index (χ3v) is 6.96. The number of aromatic nitrogens is 1. The minimum absolute atomic E-state index is 0.240. The van der Waals surface area contributed by atoms with Crippen LogP contribution in [0.3, 0.4) is 0 Å². The van der Waals surface area contributed by atoms with Crippen molar-refractivity contribution in [2.24, 2.45) is 10.9 Å². The molecule has 0 aromatic carbocycles. The van der Waals surface area contributed by atoms with Crippen molar-refractivity contribution >= 4 is 44.2 Å². The molecule has 0 amide bonds. The number of hydrogen-bond acceptors (Lipinski definition) is 6. The molecule has 0 saturated heterocycles. The lowest BCUT2D eigenvalue weighted by Gasteiger charge is -2.45. The smallest absolute Gasteiger partial charge is 0.231 e. The Morgan fingerprint density at radius 3 is 2.85 bits per heavy atom. The van der Waals surface area contributed by atoms with Crippen LogP contribution in [0, 0.1) is 5.92 Å². The summed E-state index contributed by atoms with van der Waals surface area (Å²) in [6, 6.07) is 4.07. The van der Waals surface area contributed by atoms with Crippen molar-refractivity contribution in [3.8, 4) is 0 Å². The maximum Gasteiger partial charge on any atom is 0.231 e. The first kappa shape index (κ1) is 22.1. The predicted octanol–water partition coefficient (Wildman–Crippen LogP) is 2.71. The summed E-state index contributed by atoms with van der Waals surface area (Å²) in [6.07, 6.45) is 11.8. The first-order chi connectivity index (χ1) is 12.8. The monoisotopic (exact) mass is 428 g/mol. The zero-order chi connectivity index (χ0) is 19.9. The molecule has 0 radical (unpaired) electrons. The van der Waals surface area contributed by atoms with Crippen molar-refractivity contribution in [2.45, 2.75) is 37.5 Å². The summed E-state index contributed by atoms with van der Waals surface area (Å²) in [7, 11) is -1.43. The van der Waals surface area contributed by atoms with E-state index in [2.05, 4.69) is 26.1 Å². The van der Waals surface area contributed by atoms with Gasteiger partial charge < -0.3 is 5.32 Å². The number of amidine groups is 1. The number of likely N-dealkylation sites (N-methyl/N-ethyl adjacent to an activating group) is 1. The summed E-state index contributed by atoms with van der Waals surface area (Å²) in [5.74, 6) is 0.334. The number of nitrogens with zero attached hydrogens (tertiary/aromatic N) is 2. The van der Waals surface area contributed by atoms with Gasteiger partial charge in [0.1, 0.15) is 0 Å². The van der Waals surface area contributed by atoms with E-state index >= 15 is 0 Å². The Morgan fingerprint density at radius 2 is 2.26 bits per heavy atom. The van der Waals surface area contributed by atoms with E-state index in [-0.39, 0.29) is 5.41 Å². The van der Waals surface area contributed by atoms with Crippen LogP contribution in [0.2, 0.25) is 0 Å². The summed E-state index contributed by atoms with van der Waals surface area (Å²) >= 11 is 7.07. The van der Waals surface area contributed by atoms with E-state index in [1.807, 2.05) is 25.6 Å². The van der Waals surface area contributed by atoms with Gasteiger partial charge in [0, 0.05) is 31.4 Å². The van der Waals surface area contributed by atoms with E-state index in [9.17, 15) is 8.42 Å². The van der Waals surface area contributed by atoms with Crippen molar-refractivity contribution in [1.82, 2.24) is 15.0 Å². The number of sulfonamides is 1. The third-order valence-electron chi connectivity index (χ3n) is 5.08. The average Bonchev–Trinajstić information content (AvgIpc) is 2.66. The lowest BCUT2D eigenvalue weighted by Crippen LogP contribution is -2.49. The Kier molecular flexibility index (Phi) is 8.05. The molecule has 27 heavy (non-hydrogen) atoms. The second kappa shape index (κ2) is 9.84. The highest BCUT2D eigenvalue weighted by Crippen LogP contribution is 2.46. The van der Waals surface area contributed by atoms with Gasteiger partial charge >= 0.3 is 0 Å². The molecular weight excluding hydrogens is 400 g/mol. The lowest BCUT2D eigenvalue weighted by atomic mass is 9.61. The minimum Gasteiger partial charge on any atom is -0.382 e. The van der Waals surface area contributed by atoms with E-state index in [1.165, 1.54) is 18.2 Å². The molecule has 1 saturated carbocycles. The van der Waals surface area contributed by atoms with Crippen molar-refractivity contribution in [3.63, 3.8) is 0 Å². The van der Waals surface area contributed by atoms with Crippen LogP contribution in [0.1, 0.15) is 37.7 Å². The van der Waals surface area contributed by atoms with Crippen molar-refractivity contribution < 1.29 is 8.42 Å². The minimum atomic E-state index is -3.31. The highest BCUT2D eigenvalue weighted by atomic mass is 32.2. The molecule has 0 aliphatic heterocycles. The molecule has 6 nitrogen and oxygen atoms in total. The molecule has 2 N–H and O–H groups in total. The molecule has 1 fully saturated rings. The summed E-state index contributed by atoms with van der Waals surface area (Å²) < 4.78 is 25.4. The summed E-state index contributed by atoms with van der Waals surface area (Å²) in [5.41, 5.74) is 0.910. The summed E-state index contributed by atoms with van der Waals surface area (Å²) in [6.45, 7) is 0.553. The normalized spacial score (nSPS) is 23.7. The fourth-order valence-electron chi connectivity index (χ4n) is 3.91. The molecule has 1 aromatic heterocycles. The Hall–Kier alpha value is -1.19. The maximum absolute atomic E-state index is 11.4. The molecule has 2 rings (SSSR count). The number of hydrogen-bond donors (Lipinski definition) is 2. The number of thioether (sulfide) groups is 1. The van der Waals surface area contributed by atoms with Gasteiger partial charge in [-0.3, -0.25) is 14.7 Å². The molecule has 9 heteroatoms. The van der Waals surface area contributed by atoms with E-state index < -0.39 is 10.0 Å². The Bertz CT molecular complexity index is 768. The predicted molar refractivity (Wildman–Crippen MR) is 118 cm³/mol. The highest BCUT2D eigenvalue weighted by molar-refractivity contribution is 8.14. The Morgan fingerprint density at radius 1 is 1.48 bits per heavy atom. The van der Waals surface area contributed by atoms with Crippen molar-refractivity contribution in [3.05, 3.63) is 30.1 Å². The fraction of sp³-hybridized carbons (Fsp3) is 0.611. The van der Waals surface area contributed by atoms with E-state index in [0.29, 0.717) is 17.6 Å². The molecule has 0 bridgehead atoms. The zero-order valence-corrected chi connectivity index (χ0v) is 18.5. The van der Waals surface area contributed by atoms with Gasteiger partial charge in [0.15, 0.2) is 5.17 Å². The largest absolute Gasteiger partial charge is 0.382 e. The first-order valence-corrected chi connectivity index (χ1v) is 12.5. The van der Waals surface area contributed by atoms with Crippen LogP contribution in [0.4, 0.5) is 0 Å². The second-order valence-corrected chi connectivity index (χ2v) is 9.74. The molecule has 150 valence electrons. The Labute approximate surface area is 172 Å². The van der Waals surface area contributed by atoms with Gasteiger partial charge in [-0.25, -0.2) is 8.42 Å². The SMILES string of the molecule is CNC(=S)[C@@]1(c2cccnc2)CCCC[C@@H]1CCN=C(NS(C)(=O)=O)SC. The van der Waals surface area contributed by atoms with E-state index in [0.717, 1.165) is 42.5 Å². The summed E-state index contributed by atoms with van der Waals surface area (Å²) in [5, 5.41) is 3.64.